The number of phenolic OH excluding ortho intramolecular Hbond substituents is 1. The molecule has 5 rings (SSSR count). The molecule has 0 spiro atoms. The van der Waals surface area contributed by atoms with Gasteiger partial charge in [0.05, 0.1) is 17.7 Å². The first-order valence-electron chi connectivity index (χ1n) is 12.1. The highest BCUT2D eigenvalue weighted by Gasteiger charge is 2.42. The highest BCUT2D eigenvalue weighted by Crippen LogP contribution is 2.46. The van der Waals surface area contributed by atoms with Gasteiger partial charge in [-0.2, -0.15) is 0 Å². The predicted molar refractivity (Wildman–Crippen MR) is 136 cm³/mol. The summed E-state index contributed by atoms with van der Waals surface area (Å²) in [6, 6.07) is 3.47. The monoisotopic (exact) mass is 530 g/mol. The standard InChI is InChI=1S/C26H28ClFN4O5/c1-4-19(34)30-8-9-31-15(11-30)13-37-24-21(26(31)35)25(32-12-16(36-3)10-14(32)2)29-23(22(24)27)20-17(28)6-5-7-18(20)33/h4-7,14-16,33H,1,8-13H2,2-3H3/t14-,15+,16?/m0/s1. The zero-order valence-electron chi connectivity index (χ0n) is 20.6. The Morgan fingerprint density at radius 1 is 1.30 bits per heavy atom. The number of pyridine rings is 1. The molecule has 1 aromatic carbocycles. The Balaban J connectivity index is 1.67. The Labute approximate surface area is 219 Å². The number of aromatic nitrogens is 1. The van der Waals surface area contributed by atoms with Gasteiger partial charge in [-0.05, 0) is 31.6 Å². The third-order valence-corrected chi connectivity index (χ3v) is 7.66. The molecule has 2 saturated heterocycles. The van der Waals surface area contributed by atoms with Gasteiger partial charge in [0.25, 0.3) is 5.91 Å². The van der Waals surface area contributed by atoms with Gasteiger partial charge in [-0.1, -0.05) is 24.2 Å². The van der Waals surface area contributed by atoms with Gasteiger partial charge in [-0.3, -0.25) is 9.59 Å². The molecule has 3 aliphatic heterocycles. The Bertz CT molecular complexity index is 1250. The second-order valence-electron chi connectivity index (χ2n) is 9.48. The lowest BCUT2D eigenvalue weighted by Gasteiger charge is -2.39. The van der Waals surface area contributed by atoms with Gasteiger partial charge >= 0.3 is 0 Å². The van der Waals surface area contributed by atoms with Crippen LogP contribution in [-0.4, -0.2) is 89.8 Å². The van der Waals surface area contributed by atoms with E-state index in [0.29, 0.717) is 31.9 Å². The minimum Gasteiger partial charge on any atom is -0.507 e. The Hall–Kier alpha value is -3.37. The van der Waals surface area contributed by atoms with E-state index in [1.807, 2.05) is 11.8 Å². The summed E-state index contributed by atoms with van der Waals surface area (Å²) in [5.74, 6) is -1.22. The van der Waals surface area contributed by atoms with Crippen molar-refractivity contribution in [3.63, 3.8) is 0 Å². The molecule has 9 nitrogen and oxygen atoms in total. The number of methoxy groups -OCH3 is 1. The van der Waals surface area contributed by atoms with Crippen LogP contribution in [0.1, 0.15) is 23.7 Å². The Morgan fingerprint density at radius 3 is 2.76 bits per heavy atom. The fourth-order valence-corrected chi connectivity index (χ4v) is 5.63. The first kappa shape index (κ1) is 25.3. The van der Waals surface area contributed by atoms with E-state index in [-0.39, 0.29) is 70.5 Å². The molecule has 3 atom stereocenters. The summed E-state index contributed by atoms with van der Waals surface area (Å²) < 4.78 is 26.7. The number of rotatable bonds is 4. The third-order valence-electron chi connectivity index (χ3n) is 7.31. The summed E-state index contributed by atoms with van der Waals surface area (Å²) in [5, 5.41) is 10.4. The minimum atomic E-state index is -0.708. The van der Waals surface area contributed by atoms with Crippen molar-refractivity contribution >= 4 is 29.2 Å². The third kappa shape index (κ3) is 4.27. The maximum Gasteiger partial charge on any atom is 0.261 e. The van der Waals surface area contributed by atoms with E-state index < -0.39 is 11.9 Å². The molecule has 2 aromatic rings. The van der Waals surface area contributed by atoms with Crippen LogP contribution in [0.5, 0.6) is 11.5 Å². The average Bonchev–Trinajstić information content (AvgIpc) is 3.20. The van der Waals surface area contributed by atoms with Gasteiger partial charge in [0.2, 0.25) is 5.91 Å². The number of carbonyl (C=O) groups is 2. The number of benzene rings is 1. The van der Waals surface area contributed by atoms with Crippen LogP contribution in [0.2, 0.25) is 5.02 Å². The summed E-state index contributed by atoms with van der Waals surface area (Å²) in [6.45, 7) is 7.00. The van der Waals surface area contributed by atoms with Crippen molar-refractivity contribution in [1.82, 2.24) is 14.8 Å². The molecule has 4 heterocycles. The Kier molecular flexibility index (Phi) is 6.72. The van der Waals surface area contributed by atoms with Crippen LogP contribution < -0.4 is 9.64 Å². The number of phenols is 1. The molecule has 37 heavy (non-hydrogen) atoms. The molecule has 1 N–H and O–H groups in total. The lowest BCUT2D eigenvalue weighted by Crippen LogP contribution is -2.57. The van der Waals surface area contributed by atoms with Crippen LogP contribution in [-0.2, 0) is 9.53 Å². The summed E-state index contributed by atoms with van der Waals surface area (Å²) in [5.41, 5.74) is -0.0122. The van der Waals surface area contributed by atoms with E-state index in [1.54, 1.807) is 16.9 Å². The fourth-order valence-electron chi connectivity index (χ4n) is 5.34. The van der Waals surface area contributed by atoms with Gasteiger partial charge in [0.1, 0.15) is 40.3 Å². The average molecular weight is 531 g/mol. The summed E-state index contributed by atoms with van der Waals surface area (Å²) in [7, 11) is 1.63. The summed E-state index contributed by atoms with van der Waals surface area (Å²) in [6.07, 6.45) is 1.86. The number of nitrogens with zero attached hydrogens (tertiary/aromatic N) is 4. The molecular formula is C26H28ClFN4O5. The SMILES string of the molecule is C=CC(=O)N1CCN2C(=O)c3c(N4CC(OC)C[C@@H]4C)nc(-c4c(O)cccc4F)c(Cl)c3OC[C@H]2C1. The molecule has 0 bridgehead atoms. The minimum absolute atomic E-state index is 0.0183. The number of hydrogen-bond donors (Lipinski definition) is 1. The normalized spacial score (nSPS) is 23.3. The van der Waals surface area contributed by atoms with Crippen molar-refractivity contribution in [1.29, 1.82) is 0 Å². The van der Waals surface area contributed by atoms with E-state index in [0.717, 1.165) is 0 Å². The maximum absolute atomic E-state index is 14.9. The molecule has 11 heteroatoms. The number of anilines is 1. The molecule has 0 aliphatic carbocycles. The number of piperazine rings is 1. The van der Waals surface area contributed by atoms with Crippen LogP contribution in [0.3, 0.4) is 0 Å². The first-order valence-corrected chi connectivity index (χ1v) is 12.5. The fraction of sp³-hybridized carbons (Fsp3) is 0.423. The lowest BCUT2D eigenvalue weighted by molar-refractivity contribution is -0.128. The number of carbonyl (C=O) groups excluding carboxylic acids is 2. The molecule has 3 aliphatic rings. The molecule has 0 saturated carbocycles. The Morgan fingerprint density at radius 2 is 2.08 bits per heavy atom. The van der Waals surface area contributed by atoms with Gasteiger partial charge < -0.3 is 29.3 Å². The van der Waals surface area contributed by atoms with E-state index in [4.69, 9.17) is 26.1 Å². The van der Waals surface area contributed by atoms with E-state index in [9.17, 15) is 19.1 Å². The molecule has 1 aromatic heterocycles. The van der Waals surface area contributed by atoms with Crippen molar-refractivity contribution < 1.29 is 28.6 Å². The first-order chi connectivity index (χ1) is 17.7. The predicted octanol–water partition coefficient (Wildman–Crippen LogP) is 3.09. The summed E-state index contributed by atoms with van der Waals surface area (Å²) >= 11 is 6.76. The van der Waals surface area contributed by atoms with Crippen molar-refractivity contribution in [2.75, 3.05) is 44.8 Å². The maximum atomic E-state index is 14.9. The van der Waals surface area contributed by atoms with E-state index in [2.05, 4.69) is 6.58 Å². The highest BCUT2D eigenvalue weighted by molar-refractivity contribution is 6.35. The van der Waals surface area contributed by atoms with Crippen LogP contribution in [0.25, 0.3) is 11.3 Å². The van der Waals surface area contributed by atoms with E-state index in [1.165, 1.54) is 24.3 Å². The second-order valence-corrected chi connectivity index (χ2v) is 9.86. The number of hydrogen-bond acceptors (Lipinski definition) is 7. The number of halogens is 2. The molecule has 196 valence electrons. The highest BCUT2D eigenvalue weighted by atomic mass is 35.5. The number of amides is 2. The lowest BCUT2D eigenvalue weighted by atomic mass is 10.0. The van der Waals surface area contributed by atoms with Gasteiger partial charge in [0, 0.05) is 39.3 Å². The second kappa shape index (κ2) is 9.83. The molecule has 2 amide bonds. The number of ether oxygens (including phenoxy) is 2. The van der Waals surface area contributed by atoms with Crippen molar-refractivity contribution in [2.45, 2.75) is 31.5 Å². The molecule has 0 radical (unpaired) electrons. The zero-order chi connectivity index (χ0) is 26.4. The quantitative estimate of drug-likeness (QED) is 0.607. The summed E-state index contributed by atoms with van der Waals surface area (Å²) in [4.78, 5) is 36.2. The van der Waals surface area contributed by atoms with E-state index >= 15 is 0 Å². The largest absolute Gasteiger partial charge is 0.507 e. The van der Waals surface area contributed by atoms with Gasteiger partial charge in [0.15, 0.2) is 5.75 Å². The molecular weight excluding hydrogens is 503 g/mol. The van der Waals surface area contributed by atoms with Gasteiger partial charge in [-0.25, -0.2) is 9.37 Å². The van der Waals surface area contributed by atoms with Crippen molar-refractivity contribution in [3.8, 4) is 22.8 Å². The van der Waals surface area contributed by atoms with Crippen molar-refractivity contribution in [2.24, 2.45) is 0 Å². The van der Waals surface area contributed by atoms with Crippen LogP contribution >= 0.6 is 11.6 Å². The molecule has 1 unspecified atom stereocenters. The zero-order valence-corrected chi connectivity index (χ0v) is 21.4. The van der Waals surface area contributed by atoms with Crippen LogP contribution in [0.4, 0.5) is 10.2 Å². The smallest absolute Gasteiger partial charge is 0.261 e. The van der Waals surface area contributed by atoms with Crippen LogP contribution in [0.15, 0.2) is 30.9 Å². The number of fused-ring (bicyclic) bond motifs is 2. The van der Waals surface area contributed by atoms with Crippen molar-refractivity contribution in [3.05, 3.63) is 47.3 Å². The number of aromatic hydroxyl groups is 1. The van der Waals surface area contributed by atoms with Crippen LogP contribution in [0, 0.1) is 5.82 Å². The topological polar surface area (TPSA) is 95.4 Å². The van der Waals surface area contributed by atoms with Gasteiger partial charge in [-0.15, -0.1) is 0 Å². The molecule has 2 fully saturated rings.